The minimum absolute atomic E-state index is 0.0830. The van der Waals surface area contributed by atoms with E-state index < -0.39 is 0 Å². The van der Waals surface area contributed by atoms with Crippen molar-refractivity contribution in [3.05, 3.63) is 53.5 Å². The quantitative estimate of drug-likeness (QED) is 0.909. The van der Waals surface area contributed by atoms with E-state index in [1.54, 1.807) is 12.1 Å². The SMILES string of the molecule is Cc1cccc(OCc2ccc(C(=O)NC(C)C)o2)c1. The maximum Gasteiger partial charge on any atom is 0.287 e. The minimum Gasteiger partial charge on any atom is -0.486 e. The Hall–Kier alpha value is -2.23. The summed E-state index contributed by atoms with van der Waals surface area (Å²) in [4.78, 5) is 11.7. The van der Waals surface area contributed by atoms with Gasteiger partial charge in [-0.2, -0.15) is 0 Å². The molecule has 0 bridgehead atoms. The summed E-state index contributed by atoms with van der Waals surface area (Å²) in [6, 6.07) is 11.3. The first-order valence-electron chi connectivity index (χ1n) is 6.63. The second-order valence-electron chi connectivity index (χ2n) is 5.00. The highest BCUT2D eigenvalue weighted by Crippen LogP contribution is 2.16. The van der Waals surface area contributed by atoms with E-state index in [1.165, 1.54) is 0 Å². The first-order valence-corrected chi connectivity index (χ1v) is 6.63. The molecule has 20 heavy (non-hydrogen) atoms. The van der Waals surface area contributed by atoms with Crippen LogP contribution in [0.15, 0.2) is 40.8 Å². The van der Waals surface area contributed by atoms with Crippen LogP contribution in [-0.2, 0) is 6.61 Å². The van der Waals surface area contributed by atoms with E-state index in [-0.39, 0.29) is 11.9 Å². The van der Waals surface area contributed by atoms with Gasteiger partial charge in [0.15, 0.2) is 5.76 Å². The van der Waals surface area contributed by atoms with Gasteiger partial charge in [0.25, 0.3) is 5.91 Å². The van der Waals surface area contributed by atoms with Gasteiger partial charge in [0.05, 0.1) is 0 Å². The third-order valence-corrected chi connectivity index (χ3v) is 2.68. The lowest BCUT2D eigenvalue weighted by Gasteiger charge is -2.06. The van der Waals surface area contributed by atoms with Crippen molar-refractivity contribution < 1.29 is 13.9 Å². The van der Waals surface area contributed by atoms with Crippen molar-refractivity contribution in [2.45, 2.75) is 33.4 Å². The number of ether oxygens (including phenoxy) is 1. The molecule has 2 aromatic rings. The Labute approximate surface area is 118 Å². The van der Waals surface area contributed by atoms with E-state index in [9.17, 15) is 4.79 Å². The van der Waals surface area contributed by atoms with Crippen molar-refractivity contribution in [1.29, 1.82) is 0 Å². The lowest BCUT2D eigenvalue weighted by Crippen LogP contribution is -2.29. The van der Waals surface area contributed by atoms with Gasteiger partial charge in [0.2, 0.25) is 0 Å². The number of furan rings is 1. The van der Waals surface area contributed by atoms with Gasteiger partial charge in [-0.1, -0.05) is 12.1 Å². The molecule has 0 aliphatic carbocycles. The van der Waals surface area contributed by atoms with E-state index in [1.807, 2.05) is 45.0 Å². The molecule has 1 heterocycles. The van der Waals surface area contributed by atoms with E-state index in [4.69, 9.17) is 9.15 Å². The Balaban J connectivity index is 1.94. The maximum absolute atomic E-state index is 11.7. The average molecular weight is 273 g/mol. The zero-order valence-electron chi connectivity index (χ0n) is 12.0. The van der Waals surface area contributed by atoms with Crippen molar-refractivity contribution >= 4 is 5.91 Å². The molecule has 1 aromatic carbocycles. The molecule has 0 unspecified atom stereocenters. The summed E-state index contributed by atoms with van der Waals surface area (Å²) in [6.07, 6.45) is 0. The third kappa shape index (κ3) is 3.88. The molecule has 0 saturated carbocycles. The molecule has 2 rings (SSSR count). The van der Waals surface area contributed by atoms with E-state index in [0.717, 1.165) is 11.3 Å². The van der Waals surface area contributed by atoms with Crippen molar-refractivity contribution in [2.75, 3.05) is 0 Å². The Kier molecular flexibility index (Phi) is 4.45. The van der Waals surface area contributed by atoms with Gasteiger partial charge in [-0.15, -0.1) is 0 Å². The highest BCUT2D eigenvalue weighted by Gasteiger charge is 2.12. The van der Waals surface area contributed by atoms with Gasteiger partial charge in [0.1, 0.15) is 18.1 Å². The molecule has 0 aliphatic heterocycles. The summed E-state index contributed by atoms with van der Waals surface area (Å²) in [6.45, 7) is 6.12. The first kappa shape index (κ1) is 14.2. The molecular formula is C16H19NO3. The highest BCUT2D eigenvalue weighted by atomic mass is 16.5. The number of aryl methyl sites for hydroxylation is 1. The van der Waals surface area contributed by atoms with Gasteiger partial charge in [-0.25, -0.2) is 0 Å². The molecule has 106 valence electrons. The fraction of sp³-hybridized carbons (Fsp3) is 0.312. The summed E-state index contributed by atoms with van der Waals surface area (Å²) in [5, 5.41) is 2.78. The van der Waals surface area contributed by atoms with Crippen LogP contribution in [0, 0.1) is 6.92 Å². The van der Waals surface area contributed by atoms with Crippen molar-refractivity contribution in [3.8, 4) is 5.75 Å². The maximum atomic E-state index is 11.7. The first-order chi connectivity index (χ1) is 9.54. The molecule has 0 radical (unpaired) electrons. The summed E-state index contributed by atoms with van der Waals surface area (Å²) < 4.78 is 11.1. The summed E-state index contributed by atoms with van der Waals surface area (Å²) >= 11 is 0. The fourth-order valence-corrected chi connectivity index (χ4v) is 1.77. The lowest BCUT2D eigenvalue weighted by molar-refractivity contribution is 0.0911. The van der Waals surface area contributed by atoms with Crippen molar-refractivity contribution in [1.82, 2.24) is 5.32 Å². The van der Waals surface area contributed by atoms with Gasteiger partial charge in [-0.3, -0.25) is 4.79 Å². The van der Waals surface area contributed by atoms with Crippen LogP contribution in [0.1, 0.15) is 35.7 Å². The molecule has 0 saturated heterocycles. The van der Waals surface area contributed by atoms with Gasteiger partial charge >= 0.3 is 0 Å². The number of amides is 1. The second-order valence-corrected chi connectivity index (χ2v) is 5.00. The third-order valence-electron chi connectivity index (χ3n) is 2.68. The van der Waals surface area contributed by atoms with E-state index in [2.05, 4.69) is 5.32 Å². The number of hydrogen-bond donors (Lipinski definition) is 1. The minimum atomic E-state index is -0.207. The van der Waals surface area contributed by atoms with Crippen LogP contribution in [0.2, 0.25) is 0 Å². The van der Waals surface area contributed by atoms with Gasteiger partial charge < -0.3 is 14.5 Å². The molecule has 1 aromatic heterocycles. The summed E-state index contributed by atoms with van der Waals surface area (Å²) in [7, 11) is 0. The van der Waals surface area contributed by atoms with E-state index in [0.29, 0.717) is 18.1 Å². The Morgan fingerprint density at radius 3 is 2.80 bits per heavy atom. The molecule has 0 aliphatic rings. The number of nitrogens with one attached hydrogen (secondary N) is 1. The van der Waals surface area contributed by atoms with Crippen LogP contribution >= 0.6 is 0 Å². The standard InChI is InChI=1S/C16H19NO3/c1-11(2)17-16(18)15-8-7-14(20-15)10-19-13-6-4-5-12(3)9-13/h4-9,11H,10H2,1-3H3,(H,17,18). The molecule has 0 fully saturated rings. The normalized spacial score (nSPS) is 10.6. The molecule has 4 heteroatoms. The number of benzene rings is 1. The molecule has 4 nitrogen and oxygen atoms in total. The van der Waals surface area contributed by atoms with Crippen LogP contribution < -0.4 is 10.1 Å². The number of carbonyl (C=O) groups is 1. The van der Waals surface area contributed by atoms with E-state index >= 15 is 0 Å². The molecule has 0 spiro atoms. The Bertz CT molecular complexity index is 587. The smallest absolute Gasteiger partial charge is 0.287 e. The van der Waals surface area contributed by atoms with Crippen LogP contribution in [0.4, 0.5) is 0 Å². The largest absolute Gasteiger partial charge is 0.486 e. The zero-order chi connectivity index (χ0) is 14.5. The Morgan fingerprint density at radius 2 is 2.10 bits per heavy atom. The highest BCUT2D eigenvalue weighted by molar-refractivity contribution is 5.91. The molecule has 1 amide bonds. The fourth-order valence-electron chi connectivity index (χ4n) is 1.77. The summed E-state index contributed by atoms with van der Waals surface area (Å²) in [5.41, 5.74) is 1.14. The number of hydrogen-bond acceptors (Lipinski definition) is 3. The van der Waals surface area contributed by atoms with Crippen LogP contribution in [0.5, 0.6) is 5.75 Å². The second kappa shape index (κ2) is 6.28. The predicted molar refractivity (Wildman–Crippen MR) is 76.8 cm³/mol. The number of carbonyl (C=O) groups excluding carboxylic acids is 1. The monoisotopic (exact) mass is 273 g/mol. The molecule has 1 N–H and O–H groups in total. The van der Waals surface area contributed by atoms with Crippen LogP contribution in [0.3, 0.4) is 0 Å². The summed E-state index contributed by atoms with van der Waals surface area (Å²) in [5.74, 6) is 1.51. The van der Waals surface area contributed by atoms with Gasteiger partial charge in [0, 0.05) is 6.04 Å². The molecule has 0 atom stereocenters. The zero-order valence-corrected chi connectivity index (χ0v) is 12.0. The topological polar surface area (TPSA) is 51.5 Å². The van der Waals surface area contributed by atoms with Crippen molar-refractivity contribution in [3.63, 3.8) is 0 Å². The number of rotatable bonds is 5. The average Bonchev–Trinajstić information content (AvgIpc) is 2.84. The predicted octanol–water partition coefficient (Wildman–Crippen LogP) is 3.31. The van der Waals surface area contributed by atoms with Crippen LogP contribution in [0.25, 0.3) is 0 Å². The van der Waals surface area contributed by atoms with Crippen molar-refractivity contribution in [2.24, 2.45) is 0 Å². The Morgan fingerprint density at radius 1 is 1.30 bits per heavy atom. The van der Waals surface area contributed by atoms with Crippen LogP contribution in [-0.4, -0.2) is 11.9 Å². The lowest BCUT2D eigenvalue weighted by atomic mass is 10.2. The molecular weight excluding hydrogens is 254 g/mol. The van der Waals surface area contributed by atoms with Gasteiger partial charge in [-0.05, 0) is 50.6 Å².